The molecule has 1 heterocycles. The van der Waals surface area contributed by atoms with E-state index in [4.69, 9.17) is 5.11 Å². The molecule has 0 aromatic carbocycles. The van der Waals surface area contributed by atoms with Crippen molar-refractivity contribution in [1.29, 1.82) is 0 Å². The molecule has 0 saturated heterocycles. The van der Waals surface area contributed by atoms with Gasteiger partial charge in [0.1, 0.15) is 5.76 Å². The molecule has 4 nitrogen and oxygen atoms in total. The molecule has 0 fully saturated rings. The summed E-state index contributed by atoms with van der Waals surface area (Å²) in [4.78, 5) is 10.2. The van der Waals surface area contributed by atoms with E-state index in [1.165, 1.54) is 6.07 Å². The molecule has 0 radical (unpaired) electrons. The first-order chi connectivity index (χ1) is 4.74. The minimum absolute atomic E-state index is 0.00847. The van der Waals surface area contributed by atoms with E-state index in [0.717, 1.165) is 21.6 Å². The number of hydrogen-bond acceptors (Lipinski definition) is 3. The minimum atomic E-state index is -1.04. The Morgan fingerprint density at radius 2 is 2.60 bits per heavy atom. The lowest BCUT2D eigenvalue weighted by Crippen LogP contribution is -1.94. The highest BCUT2D eigenvalue weighted by atomic mass is 27.0. The number of carbonyl (C=O) groups is 1. The molecule has 1 aromatic heterocycles. The first kappa shape index (κ1) is 7.32. The standard InChI is InChI=1S/C5H4NO3.Al.2H/c1-3-2-4(5(7)8)6-9-3;;;/h2H,1H2,(H,7,8);;;. The SMILES string of the molecule is O=C(O)c1cc([CH2][AlH2])on1. The molecule has 0 unspecified atom stereocenters. The van der Waals surface area contributed by atoms with Crippen molar-refractivity contribution in [2.24, 2.45) is 0 Å². The van der Waals surface area contributed by atoms with Gasteiger partial charge in [-0.05, 0) is 5.28 Å². The van der Waals surface area contributed by atoms with Crippen LogP contribution in [0, 0.1) is 0 Å². The highest BCUT2D eigenvalue weighted by Crippen LogP contribution is 2.01. The van der Waals surface area contributed by atoms with E-state index in [2.05, 4.69) is 9.68 Å². The zero-order valence-electron chi connectivity index (χ0n) is 5.50. The molecule has 5 heteroatoms. The Morgan fingerprint density at radius 3 is 2.90 bits per heavy atom. The molecule has 0 spiro atoms. The third-order valence-corrected chi connectivity index (χ3v) is 1.82. The maximum atomic E-state index is 10.2. The second-order valence-electron chi connectivity index (χ2n) is 1.84. The molecule has 52 valence electrons. The minimum Gasteiger partial charge on any atom is -0.476 e. The zero-order chi connectivity index (χ0) is 7.56. The van der Waals surface area contributed by atoms with Gasteiger partial charge in [0.25, 0.3) is 0 Å². The average Bonchev–Trinajstić information content (AvgIpc) is 2.34. The highest BCUT2D eigenvalue weighted by Gasteiger charge is 2.08. The van der Waals surface area contributed by atoms with Crippen LogP contribution in [0.2, 0.25) is 0 Å². The average molecular weight is 155 g/mol. The van der Waals surface area contributed by atoms with Crippen LogP contribution in [0.25, 0.3) is 0 Å². The van der Waals surface area contributed by atoms with Crippen LogP contribution in [0.3, 0.4) is 0 Å². The van der Waals surface area contributed by atoms with Crippen LogP contribution in [0.1, 0.15) is 16.2 Å². The Labute approximate surface area is 65.2 Å². The van der Waals surface area contributed by atoms with Crippen molar-refractivity contribution < 1.29 is 14.4 Å². The van der Waals surface area contributed by atoms with Gasteiger partial charge in [0.05, 0.1) is 0 Å². The molecule has 0 atom stereocenters. The van der Waals surface area contributed by atoms with E-state index in [0.29, 0.717) is 5.76 Å². The monoisotopic (exact) mass is 155 g/mol. The van der Waals surface area contributed by atoms with E-state index >= 15 is 0 Å². The summed E-state index contributed by atoms with van der Waals surface area (Å²) >= 11 is 0.959. The van der Waals surface area contributed by atoms with Gasteiger partial charge in [0.15, 0.2) is 5.69 Å². The van der Waals surface area contributed by atoms with Gasteiger partial charge >= 0.3 is 5.97 Å². The maximum absolute atomic E-state index is 10.2. The first-order valence-corrected chi connectivity index (χ1v) is 4.34. The summed E-state index contributed by atoms with van der Waals surface area (Å²) in [5.74, 6) is -0.380. The van der Waals surface area contributed by atoms with Gasteiger partial charge < -0.3 is 9.63 Å². The van der Waals surface area contributed by atoms with Gasteiger partial charge in [-0.1, -0.05) is 5.16 Å². The molecular weight excluding hydrogens is 149 g/mol. The Bertz CT molecular complexity index is 245. The van der Waals surface area contributed by atoms with Gasteiger partial charge in [-0.2, -0.15) is 0 Å². The predicted molar refractivity (Wildman–Crippen MR) is 35.7 cm³/mol. The van der Waals surface area contributed by atoms with Crippen LogP contribution >= 0.6 is 0 Å². The van der Waals surface area contributed by atoms with Crippen molar-refractivity contribution in [3.05, 3.63) is 17.5 Å². The smallest absolute Gasteiger partial charge is 0.358 e. The quantitative estimate of drug-likeness (QED) is 0.585. The van der Waals surface area contributed by atoms with Crippen molar-refractivity contribution in [2.75, 3.05) is 0 Å². The molecule has 0 bridgehead atoms. The topological polar surface area (TPSA) is 63.3 Å². The Hall–Kier alpha value is -0.788. The van der Waals surface area contributed by atoms with Crippen LogP contribution in [0.5, 0.6) is 0 Å². The Kier molecular flexibility index (Phi) is 2.10. The van der Waals surface area contributed by atoms with E-state index in [9.17, 15) is 4.79 Å². The fraction of sp³-hybridized carbons (Fsp3) is 0.200. The third kappa shape index (κ3) is 1.38. The number of aromatic carboxylic acids is 1. The van der Waals surface area contributed by atoms with E-state index < -0.39 is 5.97 Å². The van der Waals surface area contributed by atoms with Crippen LogP contribution in [-0.4, -0.2) is 32.5 Å². The molecule has 1 aromatic rings. The summed E-state index contributed by atoms with van der Waals surface area (Å²) in [6.45, 7) is 0. The first-order valence-electron chi connectivity index (χ1n) is 2.93. The molecule has 1 rings (SSSR count). The zero-order valence-corrected chi connectivity index (χ0v) is 7.50. The number of hydrogen-bond donors (Lipinski definition) is 1. The van der Waals surface area contributed by atoms with E-state index in [-0.39, 0.29) is 5.69 Å². The molecule has 0 aliphatic carbocycles. The molecule has 0 aliphatic rings. The van der Waals surface area contributed by atoms with Gasteiger partial charge in [-0.15, -0.1) is 0 Å². The predicted octanol–water partition coefficient (Wildman–Crippen LogP) is -0.494. The molecule has 1 N–H and O–H groups in total. The normalized spacial score (nSPS) is 9.60. The maximum Gasteiger partial charge on any atom is 0.358 e. The van der Waals surface area contributed by atoms with Gasteiger partial charge in [-0.3, -0.25) is 0 Å². The van der Waals surface area contributed by atoms with Crippen LogP contribution in [0.4, 0.5) is 0 Å². The summed E-state index contributed by atoms with van der Waals surface area (Å²) in [5.41, 5.74) is -0.00847. The van der Waals surface area contributed by atoms with Crippen molar-refractivity contribution in [3.63, 3.8) is 0 Å². The summed E-state index contributed by atoms with van der Waals surface area (Å²) in [6, 6.07) is 1.45. The van der Waals surface area contributed by atoms with Crippen molar-refractivity contribution in [3.8, 4) is 0 Å². The lowest BCUT2D eigenvalue weighted by Gasteiger charge is -1.77. The number of carboxylic acids is 1. The van der Waals surface area contributed by atoms with Crippen LogP contribution in [0.15, 0.2) is 10.6 Å². The van der Waals surface area contributed by atoms with Crippen molar-refractivity contribution in [1.82, 2.24) is 5.16 Å². The highest BCUT2D eigenvalue weighted by molar-refractivity contribution is 6.08. The second kappa shape index (κ2) is 2.86. The molecule has 0 aliphatic heterocycles. The van der Waals surface area contributed by atoms with Crippen molar-refractivity contribution in [2.45, 2.75) is 5.28 Å². The molecule has 10 heavy (non-hydrogen) atoms. The number of nitrogens with zero attached hydrogens (tertiary/aromatic N) is 1. The Balaban J connectivity index is 2.88. The van der Waals surface area contributed by atoms with Crippen molar-refractivity contribution >= 4 is 22.3 Å². The van der Waals surface area contributed by atoms with Gasteiger partial charge in [0.2, 0.25) is 16.3 Å². The van der Waals surface area contributed by atoms with E-state index in [1.54, 1.807) is 0 Å². The molecule has 0 saturated carbocycles. The van der Waals surface area contributed by atoms with E-state index in [1.807, 2.05) is 0 Å². The largest absolute Gasteiger partial charge is 0.476 e. The molecular formula is C5H6AlNO3. The second-order valence-corrected chi connectivity index (χ2v) is 2.54. The fourth-order valence-electron chi connectivity index (χ4n) is 0.580. The van der Waals surface area contributed by atoms with Crippen LogP contribution < -0.4 is 0 Å². The lowest BCUT2D eigenvalue weighted by atomic mass is 10.4. The summed E-state index contributed by atoms with van der Waals surface area (Å²) in [5, 5.41) is 12.5. The van der Waals surface area contributed by atoms with Gasteiger partial charge in [0, 0.05) is 6.07 Å². The number of aromatic nitrogens is 1. The third-order valence-electron chi connectivity index (χ3n) is 1.13. The van der Waals surface area contributed by atoms with Gasteiger partial charge in [-0.25, -0.2) is 4.79 Å². The summed E-state index contributed by atoms with van der Waals surface area (Å²) in [6.07, 6.45) is 0. The lowest BCUT2D eigenvalue weighted by molar-refractivity contribution is 0.0685. The van der Waals surface area contributed by atoms with Crippen LogP contribution in [-0.2, 0) is 5.28 Å². The number of rotatable bonds is 2. The summed E-state index contributed by atoms with van der Waals surface area (Å²) in [7, 11) is 0. The fourth-order valence-corrected chi connectivity index (χ4v) is 0.914. The number of carboxylic acid groups (broad SMARTS) is 1. The Morgan fingerprint density at radius 1 is 1.90 bits per heavy atom. The molecule has 0 amide bonds. The summed E-state index contributed by atoms with van der Waals surface area (Å²) < 4.78 is 4.68.